The average molecular weight is 323 g/mol. The summed E-state index contributed by atoms with van der Waals surface area (Å²) in [5.74, 6) is 1.61. The fourth-order valence-electron chi connectivity index (χ4n) is 1.75. The largest absolute Gasteiger partial charge is 0.456 e. The summed E-state index contributed by atoms with van der Waals surface area (Å²) < 4.78 is 6.37. The van der Waals surface area contributed by atoms with Gasteiger partial charge in [-0.3, -0.25) is 9.69 Å². The van der Waals surface area contributed by atoms with Crippen LogP contribution >= 0.6 is 15.9 Å². The number of carbonyl (C=O) groups excluding carboxylic acids is 1. The first-order valence-electron chi connectivity index (χ1n) is 6.17. The number of nitrogens with zero attached hydrogens (tertiary/aromatic N) is 2. The smallest absolute Gasteiger partial charge is 0.295 e. The molecule has 2 aromatic heterocycles. The summed E-state index contributed by atoms with van der Waals surface area (Å²) in [4.78, 5) is 18.2. The van der Waals surface area contributed by atoms with Crippen LogP contribution in [0.25, 0.3) is 0 Å². The zero-order valence-electron chi connectivity index (χ0n) is 10.9. The van der Waals surface area contributed by atoms with Crippen molar-refractivity contribution < 1.29 is 9.21 Å². The predicted molar refractivity (Wildman–Crippen MR) is 77.4 cm³/mol. The maximum Gasteiger partial charge on any atom is 0.295 e. The molecule has 5 heteroatoms. The molecule has 0 aromatic carbocycles. The fraction of sp³-hybridized carbons (Fsp3) is 0.286. The van der Waals surface area contributed by atoms with Crippen LogP contribution in [0.5, 0.6) is 0 Å². The number of aryl methyl sites for hydroxylation is 1. The predicted octanol–water partition coefficient (Wildman–Crippen LogP) is 3.67. The van der Waals surface area contributed by atoms with Crippen LogP contribution in [0.1, 0.15) is 30.2 Å². The third-order valence-corrected chi connectivity index (χ3v) is 3.24. The first kappa shape index (κ1) is 13.8. The highest BCUT2D eigenvalue weighted by molar-refractivity contribution is 9.10. The van der Waals surface area contributed by atoms with Gasteiger partial charge in [0.15, 0.2) is 5.76 Å². The molecule has 0 aliphatic carbocycles. The van der Waals surface area contributed by atoms with Crippen LogP contribution in [0.15, 0.2) is 39.4 Å². The molecule has 4 nitrogen and oxygen atoms in total. The average Bonchev–Trinajstić information content (AvgIpc) is 2.90. The first-order valence-corrected chi connectivity index (χ1v) is 6.97. The van der Waals surface area contributed by atoms with E-state index in [9.17, 15) is 4.79 Å². The lowest BCUT2D eigenvalue weighted by molar-refractivity contribution is 0.0959. The zero-order valence-corrected chi connectivity index (χ0v) is 12.5. The van der Waals surface area contributed by atoms with Gasteiger partial charge in [0.1, 0.15) is 11.6 Å². The second-order valence-electron chi connectivity index (χ2n) is 4.00. The fourth-order valence-corrected chi connectivity index (χ4v) is 1.99. The molecule has 0 atom stereocenters. The Morgan fingerprint density at radius 1 is 1.32 bits per heavy atom. The molecule has 0 fully saturated rings. The van der Waals surface area contributed by atoms with E-state index in [2.05, 4.69) is 20.9 Å². The van der Waals surface area contributed by atoms with Gasteiger partial charge in [-0.1, -0.05) is 6.92 Å². The second-order valence-corrected chi connectivity index (χ2v) is 4.92. The van der Waals surface area contributed by atoms with E-state index in [1.807, 2.05) is 26.0 Å². The molecular formula is C14H15BrN2O2. The minimum atomic E-state index is -0.169. The second kappa shape index (κ2) is 6.02. The Labute approximate surface area is 120 Å². The van der Waals surface area contributed by atoms with Gasteiger partial charge in [0, 0.05) is 23.6 Å². The van der Waals surface area contributed by atoms with Gasteiger partial charge in [0.25, 0.3) is 5.91 Å². The van der Waals surface area contributed by atoms with E-state index in [-0.39, 0.29) is 5.91 Å². The number of anilines is 1. The third kappa shape index (κ3) is 3.04. The standard InChI is InChI=1S/C14H15BrN2O2/c1-3-11-6-7-12(19-11)14(18)17(4-2)13-8-5-10(15)9-16-13/h5-9H,3-4H2,1-2H3. The Balaban J connectivity index is 2.26. The van der Waals surface area contributed by atoms with Crippen LogP contribution in [0, 0.1) is 0 Å². The van der Waals surface area contributed by atoms with Crippen LogP contribution in [-0.2, 0) is 6.42 Å². The normalized spacial score (nSPS) is 10.5. The Kier molecular flexibility index (Phi) is 4.37. The summed E-state index contributed by atoms with van der Waals surface area (Å²) in [5.41, 5.74) is 0. The van der Waals surface area contributed by atoms with Crippen molar-refractivity contribution in [3.8, 4) is 0 Å². The van der Waals surface area contributed by atoms with Crippen LogP contribution in [0.4, 0.5) is 5.82 Å². The van der Waals surface area contributed by atoms with E-state index in [1.54, 1.807) is 23.2 Å². The highest BCUT2D eigenvalue weighted by Gasteiger charge is 2.20. The van der Waals surface area contributed by atoms with Crippen LogP contribution < -0.4 is 4.90 Å². The lowest BCUT2D eigenvalue weighted by Gasteiger charge is -2.18. The van der Waals surface area contributed by atoms with Gasteiger partial charge in [0.2, 0.25) is 0 Å². The van der Waals surface area contributed by atoms with E-state index in [4.69, 9.17) is 4.42 Å². The number of aromatic nitrogens is 1. The van der Waals surface area contributed by atoms with Gasteiger partial charge in [0.05, 0.1) is 0 Å². The summed E-state index contributed by atoms with van der Waals surface area (Å²) in [6.07, 6.45) is 2.45. The van der Waals surface area contributed by atoms with Crippen LogP contribution in [0.3, 0.4) is 0 Å². The Morgan fingerprint density at radius 2 is 2.11 bits per heavy atom. The van der Waals surface area contributed by atoms with Crippen molar-refractivity contribution in [2.75, 3.05) is 11.4 Å². The SMILES string of the molecule is CCc1ccc(C(=O)N(CC)c2ccc(Br)cn2)o1. The molecule has 0 aliphatic rings. The Bertz CT molecular complexity index is 563. The molecule has 0 aliphatic heterocycles. The number of carbonyl (C=O) groups is 1. The number of pyridine rings is 1. The van der Waals surface area contributed by atoms with Gasteiger partial charge in [-0.05, 0) is 47.1 Å². The first-order chi connectivity index (χ1) is 9.15. The van der Waals surface area contributed by atoms with Crippen molar-refractivity contribution in [2.45, 2.75) is 20.3 Å². The molecule has 0 saturated heterocycles. The van der Waals surface area contributed by atoms with E-state index >= 15 is 0 Å². The molecule has 2 rings (SSSR count). The molecule has 0 unspecified atom stereocenters. The van der Waals surface area contributed by atoms with Crippen LogP contribution in [-0.4, -0.2) is 17.4 Å². The van der Waals surface area contributed by atoms with Crippen molar-refractivity contribution in [2.24, 2.45) is 0 Å². The topological polar surface area (TPSA) is 46.3 Å². The van der Waals surface area contributed by atoms with E-state index in [0.717, 1.165) is 16.7 Å². The lowest BCUT2D eigenvalue weighted by Crippen LogP contribution is -2.31. The van der Waals surface area contributed by atoms with Gasteiger partial charge in [-0.2, -0.15) is 0 Å². The molecule has 0 saturated carbocycles. The third-order valence-electron chi connectivity index (χ3n) is 2.77. The van der Waals surface area contributed by atoms with Gasteiger partial charge < -0.3 is 4.42 Å². The Hall–Kier alpha value is -1.62. The number of hydrogen-bond donors (Lipinski definition) is 0. The van der Waals surface area contributed by atoms with Crippen molar-refractivity contribution in [3.63, 3.8) is 0 Å². The summed E-state index contributed by atoms with van der Waals surface area (Å²) in [6, 6.07) is 7.20. The Morgan fingerprint density at radius 3 is 2.63 bits per heavy atom. The van der Waals surface area contributed by atoms with E-state index in [1.165, 1.54) is 0 Å². The summed E-state index contributed by atoms with van der Waals surface area (Å²) in [6.45, 7) is 4.43. The van der Waals surface area contributed by atoms with Crippen molar-refractivity contribution in [1.29, 1.82) is 0 Å². The molecule has 0 bridgehead atoms. The molecule has 0 spiro atoms. The molecule has 2 heterocycles. The number of rotatable bonds is 4. The summed E-state index contributed by atoms with van der Waals surface area (Å²) in [5, 5.41) is 0. The van der Waals surface area contributed by atoms with Gasteiger partial charge in [-0.25, -0.2) is 4.98 Å². The van der Waals surface area contributed by atoms with Crippen molar-refractivity contribution in [1.82, 2.24) is 4.98 Å². The minimum absolute atomic E-state index is 0.169. The number of furan rings is 1. The maximum absolute atomic E-state index is 12.4. The molecular weight excluding hydrogens is 308 g/mol. The number of amides is 1. The van der Waals surface area contributed by atoms with Crippen LogP contribution in [0.2, 0.25) is 0 Å². The van der Waals surface area contributed by atoms with Gasteiger partial charge in [-0.15, -0.1) is 0 Å². The van der Waals surface area contributed by atoms with E-state index in [0.29, 0.717) is 18.1 Å². The highest BCUT2D eigenvalue weighted by Crippen LogP contribution is 2.18. The summed E-state index contributed by atoms with van der Waals surface area (Å²) in [7, 11) is 0. The van der Waals surface area contributed by atoms with Crippen molar-refractivity contribution >= 4 is 27.7 Å². The molecule has 0 N–H and O–H groups in total. The molecule has 100 valence electrons. The number of hydrogen-bond acceptors (Lipinski definition) is 3. The van der Waals surface area contributed by atoms with Crippen molar-refractivity contribution in [3.05, 3.63) is 46.5 Å². The zero-order chi connectivity index (χ0) is 13.8. The minimum Gasteiger partial charge on any atom is -0.456 e. The quantitative estimate of drug-likeness (QED) is 0.862. The maximum atomic E-state index is 12.4. The lowest BCUT2D eigenvalue weighted by atomic mass is 10.3. The molecule has 2 aromatic rings. The molecule has 19 heavy (non-hydrogen) atoms. The summed E-state index contributed by atoms with van der Waals surface area (Å²) >= 11 is 3.33. The number of halogens is 1. The molecule has 1 amide bonds. The van der Waals surface area contributed by atoms with Gasteiger partial charge >= 0.3 is 0 Å². The molecule has 0 radical (unpaired) electrons. The monoisotopic (exact) mass is 322 g/mol. The van der Waals surface area contributed by atoms with E-state index < -0.39 is 0 Å². The highest BCUT2D eigenvalue weighted by atomic mass is 79.9.